The zero-order chi connectivity index (χ0) is 17.6. The van der Waals surface area contributed by atoms with Crippen LogP contribution in [-0.4, -0.2) is 52.4 Å². The fraction of sp³-hybridized carbons (Fsp3) is 0.400. The van der Waals surface area contributed by atoms with Crippen LogP contribution in [-0.2, 0) is 18.3 Å². The minimum Gasteiger partial charge on any atom is -0.356 e. The van der Waals surface area contributed by atoms with Crippen molar-refractivity contribution in [3.05, 3.63) is 59.9 Å². The summed E-state index contributed by atoms with van der Waals surface area (Å²) in [6, 6.07) is 11.9. The number of rotatable bonds is 4. The van der Waals surface area contributed by atoms with Gasteiger partial charge < -0.3 is 14.4 Å². The van der Waals surface area contributed by atoms with Crippen molar-refractivity contribution in [2.45, 2.75) is 19.3 Å². The summed E-state index contributed by atoms with van der Waals surface area (Å²) in [6.07, 6.45) is 5.84. The van der Waals surface area contributed by atoms with E-state index in [1.165, 1.54) is 5.56 Å². The van der Waals surface area contributed by atoms with E-state index in [2.05, 4.69) is 12.1 Å². The third kappa shape index (κ3) is 4.50. The Morgan fingerprint density at radius 1 is 0.960 bits per heavy atom. The lowest BCUT2D eigenvalue weighted by Gasteiger charge is -2.22. The molecule has 1 aliphatic rings. The Labute approximate surface area is 148 Å². The molecule has 3 rings (SSSR count). The molecule has 1 aliphatic heterocycles. The first-order chi connectivity index (χ1) is 12.1. The molecule has 5 heteroatoms. The number of amides is 2. The van der Waals surface area contributed by atoms with Crippen LogP contribution in [0.4, 0.5) is 0 Å². The van der Waals surface area contributed by atoms with Crippen LogP contribution in [0.5, 0.6) is 0 Å². The highest BCUT2D eigenvalue weighted by Gasteiger charge is 2.23. The highest BCUT2D eigenvalue weighted by Crippen LogP contribution is 2.11. The fourth-order valence-electron chi connectivity index (χ4n) is 3.24. The van der Waals surface area contributed by atoms with E-state index in [0.29, 0.717) is 31.6 Å². The summed E-state index contributed by atoms with van der Waals surface area (Å²) in [6.45, 7) is 2.65. The molecule has 0 saturated carbocycles. The smallest absolute Gasteiger partial charge is 0.255 e. The molecule has 1 saturated heterocycles. The van der Waals surface area contributed by atoms with E-state index in [0.717, 1.165) is 19.4 Å². The van der Waals surface area contributed by atoms with Crippen LogP contribution < -0.4 is 0 Å². The van der Waals surface area contributed by atoms with E-state index in [1.807, 2.05) is 58.1 Å². The third-order valence-electron chi connectivity index (χ3n) is 4.69. The van der Waals surface area contributed by atoms with Gasteiger partial charge in [-0.2, -0.15) is 0 Å². The molecule has 0 unspecified atom stereocenters. The molecule has 1 aromatic heterocycles. The van der Waals surface area contributed by atoms with E-state index >= 15 is 0 Å². The molecule has 0 aliphatic carbocycles. The van der Waals surface area contributed by atoms with Crippen LogP contribution in [0.15, 0.2) is 48.8 Å². The van der Waals surface area contributed by atoms with E-state index in [4.69, 9.17) is 0 Å². The van der Waals surface area contributed by atoms with Gasteiger partial charge >= 0.3 is 0 Å². The van der Waals surface area contributed by atoms with Gasteiger partial charge in [0.1, 0.15) is 0 Å². The van der Waals surface area contributed by atoms with Crippen LogP contribution in [0.1, 0.15) is 28.8 Å². The lowest BCUT2D eigenvalue weighted by molar-refractivity contribution is -0.131. The highest BCUT2D eigenvalue weighted by molar-refractivity contribution is 5.94. The van der Waals surface area contributed by atoms with Crippen LogP contribution in [0.25, 0.3) is 0 Å². The van der Waals surface area contributed by atoms with Crippen molar-refractivity contribution in [2.24, 2.45) is 7.05 Å². The molecular weight excluding hydrogens is 314 g/mol. The van der Waals surface area contributed by atoms with Gasteiger partial charge in [0.2, 0.25) is 5.91 Å². The first-order valence-corrected chi connectivity index (χ1v) is 8.86. The Kier molecular flexibility index (Phi) is 5.53. The number of hydrogen-bond acceptors (Lipinski definition) is 2. The Hall–Kier alpha value is -2.56. The summed E-state index contributed by atoms with van der Waals surface area (Å²) in [5.41, 5.74) is 1.90. The summed E-state index contributed by atoms with van der Waals surface area (Å²) in [5.74, 6) is 0.233. The Bertz CT molecular complexity index is 724. The predicted molar refractivity (Wildman–Crippen MR) is 97.3 cm³/mol. The number of aryl methyl sites for hydroxylation is 2. The average molecular weight is 339 g/mol. The second-order valence-electron chi connectivity index (χ2n) is 6.58. The number of hydrogen-bond donors (Lipinski definition) is 0. The SMILES string of the molecule is Cn1ccc(C(=O)N2CCCN(C(=O)CCc3ccccc3)CC2)c1. The van der Waals surface area contributed by atoms with Crippen molar-refractivity contribution in [1.82, 2.24) is 14.4 Å². The maximum Gasteiger partial charge on any atom is 0.255 e. The van der Waals surface area contributed by atoms with Gasteiger partial charge in [0.15, 0.2) is 0 Å². The van der Waals surface area contributed by atoms with Gasteiger partial charge in [-0.05, 0) is 24.5 Å². The standard InChI is InChI=1S/C20H25N3O2/c1-21-13-10-18(16-21)20(25)23-12-5-11-22(14-15-23)19(24)9-8-17-6-3-2-4-7-17/h2-4,6-7,10,13,16H,5,8-9,11-12,14-15H2,1H3. The molecule has 2 aromatic rings. The quantitative estimate of drug-likeness (QED) is 0.858. The molecule has 0 N–H and O–H groups in total. The number of benzene rings is 1. The topological polar surface area (TPSA) is 45.6 Å². The van der Waals surface area contributed by atoms with Gasteiger partial charge in [-0.25, -0.2) is 0 Å². The molecule has 2 amide bonds. The van der Waals surface area contributed by atoms with Crippen molar-refractivity contribution in [3.8, 4) is 0 Å². The fourth-order valence-corrected chi connectivity index (χ4v) is 3.24. The monoisotopic (exact) mass is 339 g/mol. The Balaban J connectivity index is 1.52. The summed E-state index contributed by atoms with van der Waals surface area (Å²) >= 11 is 0. The second-order valence-corrected chi connectivity index (χ2v) is 6.58. The molecule has 1 aromatic carbocycles. The van der Waals surface area contributed by atoms with E-state index in [9.17, 15) is 9.59 Å². The molecule has 25 heavy (non-hydrogen) atoms. The maximum absolute atomic E-state index is 12.6. The van der Waals surface area contributed by atoms with Crippen LogP contribution in [0, 0.1) is 0 Å². The predicted octanol–water partition coefficient (Wildman–Crippen LogP) is 2.33. The summed E-state index contributed by atoms with van der Waals surface area (Å²) in [4.78, 5) is 28.8. The number of nitrogens with zero attached hydrogens (tertiary/aromatic N) is 3. The van der Waals surface area contributed by atoms with E-state index < -0.39 is 0 Å². The van der Waals surface area contributed by atoms with Crippen molar-refractivity contribution in [1.29, 1.82) is 0 Å². The van der Waals surface area contributed by atoms with Crippen molar-refractivity contribution in [3.63, 3.8) is 0 Å². The molecule has 0 spiro atoms. The molecule has 0 atom stereocenters. The zero-order valence-corrected chi connectivity index (χ0v) is 14.7. The summed E-state index contributed by atoms with van der Waals surface area (Å²) in [7, 11) is 1.91. The lowest BCUT2D eigenvalue weighted by Crippen LogP contribution is -2.37. The van der Waals surface area contributed by atoms with E-state index in [1.54, 1.807) is 0 Å². The molecule has 5 nitrogen and oxygen atoms in total. The molecule has 1 fully saturated rings. The van der Waals surface area contributed by atoms with Gasteiger partial charge in [0.05, 0.1) is 5.56 Å². The molecule has 0 bridgehead atoms. The summed E-state index contributed by atoms with van der Waals surface area (Å²) in [5, 5.41) is 0. The van der Waals surface area contributed by atoms with Crippen LogP contribution in [0.3, 0.4) is 0 Å². The van der Waals surface area contributed by atoms with Crippen molar-refractivity contribution >= 4 is 11.8 Å². The van der Waals surface area contributed by atoms with Crippen molar-refractivity contribution in [2.75, 3.05) is 26.2 Å². The normalized spacial score (nSPS) is 15.1. The zero-order valence-electron chi connectivity index (χ0n) is 14.7. The van der Waals surface area contributed by atoms with Gasteiger partial charge in [-0.1, -0.05) is 30.3 Å². The minimum atomic E-state index is 0.0548. The molecular formula is C20H25N3O2. The second kappa shape index (κ2) is 8.01. The largest absolute Gasteiger partial charge is 0.356 e. The Morgan fingerprint density at radius 3 is 2.40 bits per heavy atom. The number of carbonyl (C=O) groups is 2. The molecule has 132 valence electrons. The summed E-state index contributed by atoms with van der Waals surface area (Å²) < 4.78 is 1.88. The van der Waals surface area contributed by atoms with Crippen LogP contribution >= 0.6 is 0 Å². The van der Waals surface area contributed by atoms with Gasteiger partial charge in [0, 0.05) is 52.0 Å². The van der Waals surface area contributed by atoms with Crippen LogP contribution in [0.2, 0.25) is 0 Å². The molecule has 0 radical (unpaired) electrons. The van der Waals surface area contributed by atoms with Gasteiger partial charge in [0.25, 0.3) is 5.91 Å². The maximum atomic E-state index is 12.6. The van der Waals surface area contributed by atoms with Crippen molar-refractivity contribution < 1.29 is 9.59 Å². The highest BCUT2D eigenvalue weighted by atomic mass is 16.2. The minimum absolute atomic E-state index is 0.0548. The average Bonchev–Trinajstić information content (AvgIpc) is 2.92. The number of carbonyl (C=O) groups excluding carboxylic acids is 2. The lowest BCUT2D eigenvalue weighted by atomic mass is 10.1. The van der Waals surface area contributed by atoms with Gasteiger partial charge in [-0.3, -0.25) is 9.59 Å². The first-order valence-electron chi connectivity index (χ1n) is 8.86. The van der Waals surface area contributed by atoms with E-state index in [-0.39, 0.29) is 11.8 Å². The van der Waals surface area contributed by atoms with Gasteiger partial charge in [-0.15, -0.1) is 0 Å². The number of aromatic nitrogens is 1. The third-order valence-corrected chi connectivity index (χ3v) is 4.69. The Morgan fingerprint density at radius 2 is 1.68 bits per heavy atom. The first kappa shape index (κ1) is 17.3. The molecule has 2 heterocycles.